The fourth-order valence-electron chi connectivity index (χ4n) is 3.48. The van der Waals surface area contributed by atoms with Gasteiger partial charge in [-0.05, 0) is 50.0 Å². The van der Waals surface area contributed by atoms with Crippen LogP contribution in [0.4, 0.5) is 4.39 Å². The van der Waals surface area contributed by atoms with E-state index in [2.05, 4.69) is 43.3 Å². The lowest BCUT2D eigenvalue weighted by Crippen LogP contribution is -2.25. The van der Waals surface area contributed by atoms with E-state index < -0.39 is 0 Å². The normalized spacial score (nSPS) is 27.4. The second kappa shape index (κ2) is 9.30. The first kappa shape index (κ1) is 18.3. The molecule has 1 saturated heterocycles. The minimum absolute atomic E-state index is 0.0699. The van der Waals surface area contributed by atoms with E-state index in [1.807, 2.05) is 0 Å². The molecule has 1 aromatic carbocycles. The molecule has 0 aromatic heterocycles. The van der Waals surface area contributed by atoms with Crippen molar-refractivity contribution in [3.8, 4) is 0 Å². The molecule has 136 valence electrons. The molecule has 0 saturated carbocycles. The smallest absolute Gasteiger partial charge is 0.183 e. The van der Waals surface area contributed by atoms with E-state index in [0.717, 1.165) is 37.7 Å². The van der Waals surface area contributed by atoms with Crippen LogP contribution < -0.4 is 0 Å². The Morgan fingerprint density at radius 2 is 1.92 bits per heavy atom. The lowest BCUT2D eigenvalue weighted by Gasteiger charge is -2.28. The van der Waals surface area contributed by atoms with Crippen LogP contribution in [-0.4, -0.2) is 13.2 Å². The molecular weight excluding hydrogens is 315 g/mol. The Bertz CT molecular complexity index is 583. The van der Waals surface area contributed by atoms with E-state index >= 15 is 0 Å². The first-order chi connectivity index (χ1) is 12.2. The highest BCUT2D eigenvalue weighted by atomic mass is 19.1. The zero-order chi connectivity index (χ0) is 17.5. The second-order valence-electron chi connectivity index (χ2n) is 7.17. The van der Waals surface area contributed by atoms with Crippen LogP contribution in [0.15, 0.2) is 48.3 Å². The van der Waals surface area contributed by atoms with Gasteiger partial charge in [0.15, 0.2) is 6.29 Å². The van der Waals surface area contributed by atoms with Gasteiger partial charge in [0.2, 0.25) is 0 Å². The van der Waals surface area contributed by atoms with E-state index in [1.165, 1.54) is 5.56 Å². The van der Waals surface area contributed by atoms with Gasteiger partial charge in [-0.3, -0.25) is 0 Å². The van der Waals surface area contributed by atoms with Crippen molar-refractivity contribution in [2.75, 3.05) is 13.2 Å². The Morgan fingerprint density at radius 1 is 1.16 bits per heavy atom. The number of allylic oxidation sites excluding steroid dienone is 3. The fourth-order valence-corrected chi connectivity index (χ4v) is 3.48. The summed E-state index contributed by atoms with van der Waals surface area (Å²) in [6.45, 7) is 3.57. The number of ether oxygens (including phenoxy) is 2. The van der Waals surface area contributed by atoms with Crippen LogP contribution in [0.1, 0.15) is 56.4 Å². The molecule has 0 bridgehead atoms. The molecule has 0 radical (unpaired) electrons. The van der Waals surface area contributed by atoms with Crippen molar-refractivity contribution in [2.45, 2.75) is 51.7 Å². The van der Waals surface area contributed by atoms with Crippen LogP contribution in [0, 0.1) is 11.8 Å². The van der Waals surface area contributed by atoms with E-state index in [1.54, 1.807) is 6.08 Å². The van der Waals surface area contributed by atoms with Gasteiger partial charge in [-0.1, -0.05) is 49.4 Å². The third kappa shape index (κ3) is 5.52. The quantitative estimate of drug-likeness (QED) is 0.598. The van der Waals surface area contributed by atoms with Crippen molar-refractivity contribution >= 4 is 0 Å². The van der Waals surface area contributed by atoms with Crippen LogP contribution in [0.5, 0.6) is 0 Å². The number of aryl methyl sites for hydroxylation is 1. The number of hydrogen-bond acceptors (Lipinski definition) is 2. The average Bonchev–Trinajstić information content (AvgIpc) is 2.67. The highest BCUT2D eigenvalue weighted by Gasteiger charge is 2.22. The summed E-state index contributed by atoms with van der Waals surface area (Å²) < 4.78 is 24.8. The third-order valence-electron chi connectivity index (χ3n) is 5.12. The predicted octanol–water partition coefficient (Wildman–Crippen LogP) is 5.90. The molecule has 1 unspecified atom stereocenters. The molecule has 0 spiro atoms. The Labute approximate surface area is 150 Å². The largest absolute Gasteiger partial charge is 0.348 e. The first-order valence-corrected chi connectivity index (χ1v) is 9.58. The molecule has 1 aliphatic heterocycles. The first-order valence-electron chi connectivity index (χ1n) is 9.58. The van der Waals surface area contributed by atoms with Crippen molar-refractivity contribution in [3.63, 3.8) is 0 Å². The van der Waals surface area contributed by atoms with Crippen molar-refractivity contribution in [1.82, 2.24) is 0 Å². The van der Waals surface area contributed by atoms with Crippen LogP contribution in [0.2, 0.25) is 0 Å². The fraction of sp³-hybridized carbons (Fsp3) is 0.545. The Morgan fingerprint density at radius 3 is 2.56 bits per heavy atom. The number of benzene rings is 1. The van der Waals surface area contributed by atoms with E-state index in [4.69, 9.17) is 9.47 Å². The van der Waals surface area contributed by atoms with Crippen LogP contribution >= 0.6 is 0 Å². The Hall–Kier alpha value is -1.45. The monoisotopic (exact) mass is 344 g/mol. The molecule has 1 atom stereocenters. The number of hydrogen-bond donors (Lipinski definition) is 0. The van der Waals surface area contributed by atoms with E-state index in [-0.39, 0.29) is 12.1 Å². The summed E-state index contributed by atoms with van der Waals surface area (Å²) in [7, 11) is 0. The molecule has 3 heteroatoms. The molecule has 2 nitrogen and oxygen atoms in total. The molecule has 1 aliphatic carbocycles. The lowest BCUT2D eigenvalue weighted by atomic mass is 9.88. The topological polar surface area (TPSA) is 18.5 Å². The van der Waals surface area contributed by atoms with Crippen molar-refractivity contribution in [1.29, 1.82) is 0 Å². The van der Waals surface area contributed by atoms with Crippen LogP contribution in [0.3, 0.4) is 0 Å². The highest BCUT2D eigenvalue weighted by molar-refractivity contribution is 5.24. The van der Waals surface area contributed by atoms with Crippen molar-refractivity contribution in [2.24, 2.45) is 11.8 Å². The highest BCUT2D eigenvalue weighted by Crippen LogP contribution is 2.29. The molecule has 1 aromatic rings. The standard InChI is InChI=1S/C22H29FO2/c1-2-3-4-19-15-24-22(25-16-19)20-11-7-17(8-12-20)5-6-18-9-13-21(23)14-10-18/h3-4,7-8,11-13,18-19,22H,2,5-6,9-10,14-16H2,1H3/b4-3+. The molecule has 25 heavy (non-hydrogen) atoms. The maximum Gasteiger partial charge on any atom is 0.183 e. The summed E-state index contributed by atoms with van der Waals surface area (Å²) in [4.78, 5) is 0. The summed E-state index contributed by atoms with van der Waals surface area (Å²) in [6.07, 6.45) is 11.6. The minimum atomic E-state index is -0.244. The SMILES string of the molecule is CC/C=C/C1COC(c2ccc(CCC3CC=C(F)CC3)cc2)OC1. The summed E-state index contributed by atoms with van der Waals surface area (Å²) in [5.74, 6) is 1.06. The van der Waals surface area contributed by atoms with Crippen LogP contribution in [-0.2, 0) is 15.9 Å². The predicted molar refractivity (Wildman–Crippen MR) is 98.9 cm³/mol. The van der Waals surface area contributed by atoms with E-state index in [0.29, 0.717) is 31.5 Å². The molecule has 0 N–H and O–H groups in total. The van der Waals surface area contributed by atoms with Gasteiger partial charge in [0, 0.05) is 11.5 Å². The number of halogens is 1. The van der Waals surface area contributed by atoms with Crippen molar-refractivity contribution < 1.29 is 13.9 Å². The third-order valence-corrected chi connectivity index (χ3v) is 5.12. The lowest BCUT2D eigenvalue weighted by molar-refractivity contribution is -0.197. The maximum absolute atomic E-state index is 13.1. The van der Waals surface area contributed by atoms with Crippen LogP contribution in [0.25, 0.3) is 0 Å². The van der Waals surface area contributed by atoms with Gasteiger partial charge in [-0.2, -0.15) is 0 Å². The Balaban J connectivity index is 1.45. The Kier molecular flexibility index (Phi) is 6.83. The van der Waals surface area contributed by atoms with Gasteiger partial charge < -0.3 is 9.47 Å². The minimum Gasteiger partial charge on any atom is -0.348 e. The molecule has 2 aliphatic rings. The molecule has 3 rings (SSSR count). The van der Waals surface area contributed by atoms with Gasteiger partial charge in [0.25, 0.3) is 0 Å². The zero-order valence-electron chi connectivity index (χ0n) is 15.1. The van der Waals surface area contributed by atoms with Gasteiger partial charge in [0.05, 0.1) is 19.0 Å². The summed E-state index contributed by atoms with van der Waals surface area (Å²) in [5, 5.41) is 0. The molecular formula is C22H29FO2. The van der Waals surface area contributed by atoms with E-state index in [9.17, 15) is 4.39 Å². The molecule has 0 amide bonds. The van der Waals surface area contributed by atoms with Gasteiger partial charge in [0.1, 0.15) is 0 Å². The zero-order valence-corrected chi connectivity index (χ0v) is 15.1. The second-order valence-corrected chi connectivity index (χ2v) is 7.17. The average molecular weight is 344 g/mol. The number of rotatable bonds is 6. The summed E-state index contributed by atoms with van der Waals surface area (Å²) in [5.41, 5.74) is 2.42. The van der Waals surface area contributed by atoms with Gasteiger partial charge in [-0.15, -0.1) is 0 Å². The molecule has 1 fully saturated rings. The summed E-state index contributed by atoms with van der Waals surface area (Å²) in [6, 6.07) is 8.57. The summed E-state index contributed by atoms with van der Waals surface area (Å²) >= 11 is 0. The molecule has 1 heterocycles. The van der Waals surface area contributed by atoms with Gasteiger partial charge >= 0.3 is 0 Å². The van der Waals surface area contributed by atoms with Crippen molar-refractivity contribution in [3.05, 3.63) is 59.4 Å². The van der Waals surface area contributed by atoms with Gasteiger partial charge in [-0.25, -0.2) is 4.39 Å². The maximum atomic E-state index is 13.1.